The number of hydrogen-bond donors (Lipinski definition) is 2. The quantitative estimate of drug-likeness (QED) is 0.839. The average Bonchev–Trinajstić information content (AvgIpc) is 2.99. The van der Waals surface area contributed by atoms with E-state index in [1.54, 1.807) is 17.0 Å². The SMILES string of the molecule is NCc1cc(S(=O)(=O)NCCc2cscn2)cs1. The van der Waals surface area contributed by atoms with Gasteiger partial charge >= 0.3 is 0 Å². The Morgan fingerprint density at radius 1 is 1.39 bits per heavy atom. The Kier molecular flexibility index (Phi) is 4.46. The average molecular weight is 303 g/mol. The lowest BCUT2D eigenvalue weighted by Gasteiger charge is -2.03. The van der Waals surface area contributed by atoms with E-state index >= 15 is 0 Å². The van der Waals surface area contributed by atoms with Gasteiger partial charge in [-0.05, 0) is 6.07 Å². The molecule has 18 heavy (non-hydrogen) atoms. The van der Waals surface area contributed by atoms with Crippen molar-refractivity contribution in [3.8, 4) is 0 Å². The predicted octanol–water partition coefficient (Wildman–Crippen LogP) is 1.18. The van der Waals surface area contributed by atoms with Crippen molar-refractivity contribution in [2.45, 2.75) is 17.9 Å². The minimum atomic E-state index is -3.42. The number of hydrogen-bond acceptors (Lipinski definition) is 6. The number of thiophene rings is 1. The maximum atomic E-state index is 11.9. The predicted molar refractivity (Wildman–Crippen MR) is 73.2 cm³/mol. The first-order valence-electron chi connectivity index (χ1n) is 5.26. The first-order valence-corrected chi connectivity index (χ1v) is 8.56. The summed E-state index contributed by atoms with van der Waals surface area (Å²) in [5.74, 6) is 0. The van der Waals surface area contributed by atoms with Gasteiger partial charge in [-0.3, -0.25) is 0 Å². The second-order valence-corrected chi connectivity index (χ2v) is 7.06. The summed E-state index contributed by atoms with van der Waals surface area (Å²) in [6, 6.07) is 1.61. The van der Waals surface area contributed by atoms with Crippen molar-refractivity contribution in [3.05, 3.63) is 32.9 Å². The van der Waals surface area contributed by atoms with E-state index in [0.717, 1.165) is 10.6 Å². The molecule has 2 aromatic rings. The number of aromatic nitrogens is 1. The summed E-state index contributed by atoms with van der Waals surface area (Å²) in [6.07, 6.45) is 0.594. The van der Waals surface area contributed by atoms with Crippen LogP contribution in [0.4, 0.5) is 0 Å². The fourth-order valence-electron chi connectivity index (χ4n) is 1.37. The molecule has 0 saturated carbocycles. The van der Waals surface area contributed by atoms with E-state index in [4.69, 9.17) is 5.73 Å². The minimum Gasteiger partial charge on any atom is -0.326 e. The van der Waals surface area contributed by atoms with Crippen LogP contribution in [-0.4, -0.2) is 19.9 Å². The van der Waals surface area contributed by atoms with Gasteiger partial charge in [-0.1, -0.05) is 0 Å². The number of nitrogens with one attached hydrogen (secondary N) is 1. The molecule has 0 radical (unpaired) electrons. The van der Waals surface area contributed by atoms with E-state index < -0.39 is 10.0 Å². The van der Waals surface area contributed by atoms with Gasteiger partial charge in [0.25, 0.3) is 0 Å². The molecule has 0 amide bonds. The Morgan fingerprint density at radius 3 is 2.83 bits per heavy atom. The number of nitrogens with two attached hydrogens (primary N) is 1. The van der Waals surface area contributed by atoms with Gasteiger partial charge in [-0.25, -0.2) is 18.1 Å². The van der Waals surface area contributed by atoms with Crippen LogP contribution in [-0.2, 0) is 23.0 Å². The van der Waals surface area contributed by atoms with Crippen molar-refractivity contribution in [1.29, 1.82) is 0 Å². The van der Waals surface area contributed by atoms with E-state index in [0.29, 0.717) is 19.5 Å². The molecule has 8 heteroatoms. The van der Waals surface area contributed by atoms with Crippen molar-refractivity contribution in [2.24, 2.45) is 5.73 Å². The van der Waals surface area contributed by atoms with E-state index in [-0.39, 0.29) is 4.90 Å². The highest BCUT2D eigenvalue weighted by Crippen LogP contribution is 2.18. The van der Waals surface area contributed by atoms with Gasteiger partial charge in [0.05, 0.1) is 16.1 Å². The van der Waals surface area contributed by atoms with E-state index in [1.165, 1.54) is 22.7 Å². The molecule has 0 aromatic carbocycles. The third kappa shape index (κ3) is 3.36. The highest BCUT2D eigenvalue weighted by Gasteiger charge is 2.15. The van der Waals surface area contributed by atoms with Crippen molar-refractivity contribution < 1.29 is 8.42 Å². The Labute approximate surface area is 114 Å². The van der Waals surface area contributed by atoms with Crippen LogP contribution in [0, 0.1) is 0 Å². The van der Waals surface area contributed by atoms with E-state index in [1.807, 2.05) is 5.38 Å². The Hall–Kier alpha value is -0.800. The molecule has 0 spiro atoms. The summed E-state index contributed by atoms with van der Waals surface area (Å²) in [7, 11) is -3.42. The molecule has 0 atom stereocenters. The maximum Gasteiger partial charge on any atom is 0.241 e. The fourth-order valence-corrected chi connectivity index (χ4v) is 4.15. The zero-order valence-electron chi connectivity index (χ0n) is 9.50. The highest BCUT2D eigenvalue weighted by molar-refractivity contribution is 7.89. The molecule has 2 heterocycles. The van der Waals surface area contributed by atoms with Crippen LogP contribution in [0.1, 0.15) is 10.6 Å². The first kappa shape index (κ1) is 13.6. The topological polar surface area (TPSA) is 85.1 Å². The van der Waals surface area contributed by atoms with Gasteiger partial charge in [0.1, 0.15) is 0 Å². The second-order valence-electron chi connectivity index (χ2n) is 3.58. The van der Waals surface area contributed by atoms with Crippen LogP contribution in [0.5, 0.6) is 0 Å². The van der Waals surface area contributed by atoms with Crippen molar-refractivity contribution in [2.75, 3.05) is 6.54 Å². The Balaban J connectivity index is 1.95. The van der Waals surface area contributed by atoms with E-state index in [9.17, 15) is 8.42 Å². The number of sulfonamides is 1. The van der Waals surface area contributed by atoms with Gasteiger partial charge in [0.2, 0.25) is 10.0 Å². The molecule has 0 bridgehead atoms. The third-order valence-electron chi connectivity index (χ3n) is 2.30. The summed E-state index contributed by atoms with van der Waals surface area (Å²) in [5.41, 5.74) is 8.09. The summed E-state index contributed by atoms with van der Waals surface area (Å²) in [5, 5.41) is 3.51. The van der Waals surface area contributed by atoms with Gasteiger partial charge < -0.3 is 5.73 Å². The highest BCUT2D eigenvalue weighted by atomic mass is 32.2. The largest absolute Gasteiger partial charge is 0.326 e. The zero-order chi connectivity index (χ0) is 13.0. The van der Waals surface area contributed by atoms with Crippen molar-refractivity contribution in [3.63, 3.8) is 0 Å². The second kappa shape index (κ2) is 5.89. The minimum absolute atomic E-state index is 0.284. The Bertz CT molecular complexity index is 590. The molecular weight excluding hydrogens is 290 g/mol. The molecule has 0 aliphatic rings. The van der Waals surface area contributed by atoms with Gasteiger partial charge in [-0.2, -0.15) is 0 Å². The van der Waals surface area contributed by atoms with Crippen LogP contribution >= 0.6 is 22.7 Å². The molecular formula is C10H13N3O2S3. The summed E-state index contributed by atoms with van der Waals surface area (Å²) >= 11 is 2.85. The Morgan fingerprint density at radius 2 is 2.22 bits per heavy atom. The molecule has 2 aromatic heterocycles. The fraction of sp³-hybridized carbons (Fsp3) is 0.300. The molecule has 0 saturated heterocycles. The third-order valence-corrected chi connectivity index (χ3v) is 5.48. The van der Waals surface area contributed by atoms with Crippen LogP contribution in [0.3, 0.4) is 0 Å². The van der Waals surface area contributed by atoms with Crippen LogP contribution in [0.15, 0.2) is 27.2 Å². The van der Waals surface area contributed by atoms with Crippen LogP contribution in [0.2, 0.25) is 0 Å². The molecule has 0 aliphatic heterocycles. The monoisotopic (exact) mass is 303 g/mol. The molecule has 98 valence electrons. The number of thiazole rings is 1. The molecule has 0 fully saturated rings. The smallest absolute Gasteiger partial charge is 0.241 e. The lowest BCUT2D eigenvalue weighted by molar-refractivity contribution is 0.581. The molecule has 0 aliphatic carbocycles. The number of nitrogens with zero attached hydrogens (tertiary/aromatic N) is 1. The van der Waals surface area contributed by atoms with Crippen molar-refractivity contribution >= 4 is 32.7 Å². The molecule has 3 N–H and O–H groups in total. The van der Waals surface area contributed by atoms with Crippen molar-refractivity contribution in [1.82, 2.24) is 9.71 Å². The lowest BCUT2D eigenvalue weighted by Crippen LogP contribution is -2.25. The molecule has 5 nitrogen and oxygen atoms in total. The van der Waals surface area contributed by atoms with Gasteiger partial charge in [0.15, 0.2) is 0 Å². The standard InChI is InChI=1S/C10H13N3O2S3/c11-4-9-3-10(6-17-9)18(14,15)13-2-1-8-5-16-7-12-8/h3,5-7,13H,1-2,4,11H2. The van der Waals surface area contributed by atoms with Gasteiger partial charge in [-0.15, -0.1) is 22.7 Å². The van der Waals surface area contributed by atoms with E-state index in [2.05, 4.69) is 9.71 Å². The normalized spacial score (nSPS) is 11.8. The lowest BCUT2D eigenvalue weighted by atomic mass is 10.3. The summed E-state index contributed by atoms with van der Waals surface area (Å²) in [4.78, 5) is 5.24. The van der Waals surface area contributed by atoms with Gasteiger partial charge in [0, 0.05) is 35.1 Å². The van der Waals surface area contributed by atoms with Crippen LogP contribution in [0.25, 0.3) is 0 Å². The number of rotatable bonds is 6. The maximum absolute atomic E-state index is 11.9. The molecule has 2 rings (SSSR count). The summed E-state index contributed by atoms with van der Waals surface area (Å²) in [6.45, 7) is 0.707. The zero-order valence-corrected chi connectivity index (χ0v) is 11.9. The summed E-state index contributed by atoms with van der Waals surface area (Å²) < 4.78 is 26.4. The van der Waals surface area contributed by atoms with Crippen LogP contribution < -0.4 is 10.5 Å². The first-order chi connectivity index (χ1) is 8.62. The molecule has 0 unspecified atom stereocenters.